The Hall–Kier alpha value is -1.50. The summed E-state index contributed by atoms with van der Waals surface area (Å²) in [5, 5.41) is 0. The van der Waals surface area contributed by atoms with Gasteiger partial charge in [0.1, 0.15) is 0 Å². The Morgan fingerprint density at radius 2 is 2.07 bits per heavy atom. The second-order valence-electron chi connectivity index (χ2n) is 2.67. The topological polar surface area (TPSA) is 92.0 Å². The van der Waals surface area contributed by atoms with E-state index in [1.54, 1.807) is 6.26 Å². The molecule has 1 heterocycles. The van der Waals surface area contributed by atoms with E-state index in [9.17, 15) is 14.4 Å². The van der Waals surface area contributed by atoms with Crippen LogP contribution in [0.25, 0.3) is 0 Å². The summed E-state index contributed by atoms with van der Waals surface area (Å²) in [6, 6.07) is 0. The minimum absolute atomic E-state index is 0.119. The molecule has 7 heteroatoms. The quantitative estimate of drug-likeness (QED) is 0.539. The maximum Gasteiger partial charge on any atom is 0.325 e. The third kappa shape index (κ3) is 2.72. The first-order chi connectivity index (χ1) is 7.08. The lowest BCUT2D eigenvalue weighted by molar-refractivity contribution is -0.139. The smallest absolute Gasteiger partial charge is 0.325 e. The number of methoxy groups -OCH3 is 1. The number of aromatic nitrogens is 2. The van der Waals surface area contributed by atoms with Crippen LogP contribution >= 0.6 is 11.8 Å². The van der Waals surface area contributed by atoms with Crippen LogP contribution in [0.15, 0.2) is 14.5 Å². The third-order valence-corrected chi connectivity index (χ3v) is 2.56. The molecule has 0 radical (unpaired) electrons. The second kappa shape index (κ2) is 4.83. The largest absolute Gasteiger partial charge is 0.469 e. The van der Waals surface area contributed by atoms with Gasteiger partial charge in [0.15, 0.2) is 0 Å². The van der Waals surface area contributed by atoms with Gasteiger partial charge in [0.25, 0.3) is 5.56 Å². The molecule has 0 aromatic carbocycles. The highest BCUT2D eigenvalue weighted by atomic mass is 32.2. The van der Waals surface area contributed by atoms with Gasteiger partial charge < -0.3 is 9.72 Å². The Morgan fingerprint density at radius 3 is 2.60 bits per heavy atom. The molecule has 0 aliphatic heterocycles. The number of nitrogens with one attached hydrogen (secondary N) is 2. The zero-order valence-electron chi connectivity index (χ0n) is 8.25. The summed E-state index contributed by atoms with van der Waals surface area (Å²) in [7, 11) is 1.24. The maximum atomic E-state index is 11.3. The lowest BCUT2D eigenvalue weighted by Gasteiger charge is -2.03. The number of aromatic amines is 2. The Morgan fingerprint density at radius 1 is 1.40 bits per heavy atom. The summed E-state index contributed by atoms with van der Waals surface area (Å²) in [6.07, 6.45) is 1.56. The van der Waals surface area contributed by atoms with Gasteiger partial charge in [0, 0.05) is 5.69 Å². The van der Waals surface area contributed by atoms with Gasteiger partial charge in [0.05, 0.1) is 18.4 Å². The van der Waals surface area contributed by atoms with Gasteiger partial charge in [-0.15, -0.1) is 11.8 Å². The van der Waals surface area contributed by atoms with E-state index in [4.69, 9.17) is 0 Å². The lowest BCUT2D eigenvalue weighted by atomic mass is 10.3. The van der Waals surface area contributed by atoms with Gasteiger partial charge in [0.2, 0.25) is 0 Å². The molecule has 1 aromatic heterocycles. The second-order valence-corrected chi connectivity index (χ2v) is 3.49. The van der Waals surface area contributed by atoms with Crippen LogP contribution in [0.2, 0.25) is 0 Å². The summed E-state index contributed by atoms with van der Waals surface area (Å²) in [6.45, 7) is 0. The van der Waals surface area contributed by atoms with Crippen molar-refractivity contribution in [2.75, 3.05) is 13.4 Å². The van der Waals surface area contributed by atoms with Crippen LogP contribution in [0.1, 0.15) is 5.69 Å². The average Bonchev–Trinajstić information content (AvgIpc) is 2.17. The van der Waals surface area contributed by atoms with Crippen molar-refractivity contribution < 1.29 is 9.53 Å². The van der Waals surface area contributed by atoms with E-state index in [1.165, 1.54) is 7.11 Å². The molecule has 2 N–H and O–H groups in total. The fourth-order valence-corrected chi connectivity index (χ4v) is 1.68. The van der Waals surface area contributed by atoms with Crippen LogP contribution in [-0.4, -0.2) is 29.3 Å². The molecule has 0 aliphatic rings. The third-order valence-electron chi connectivity index (χ3n) is 1.72. The van der Waals surface area contributed by atoms with Gasteiger partial charge >= 0.3 is 11.7 Å². The number of rotatable bonds is 3. The molecule has 0 amide bonds. The zero-order chi connectivity index (χ0) is 11.4. The fourth-order valence-electron chi connectivity index (χ4n) is 1.08. The summed E-state index contributed by atoms with van der Waals surface area (Å²) in [4.78, 5) is 38.1. The summed E-state index contributed by atoms with van der Waals surface area (Å²) in [5.41, 5.74) is -0.843. The first-order valence-corrected chi connectivity index (χ1v) is 5.27. The number of H-pyrrole nitrogens is 2. The highest BCUT2D eigenvalue weighted by Gasteiger charge is 2.12. The molecule has 1 rings (SSSR count). The van der Waals surface area contributed by atoms with Crippen molar-refractivity contribution in [2.24, 2.45) is 0 Å². The van der Waals surface area contributed by atoms with Crippen molar-refractivity contribution in [1.82, 2.24) is 9.97 Å². The van der Waals surface area contributed by atoms with Gasteiger partial charge in [-0.1, -0.05) is 0 Å². The molecular weight excluding hydrogens is 220 g/mol. The predicted molar refractivity (Wildman–Crippen MR) is 55.2 cm³/mol. The van der Waals surface area contributed by atoms with E-state index in [2.05, 4.69) is 14.7 Å². The van der Waals surface area contributed by atoms with Gasteiger partial charge in [-0.2, -0.15) is 0 Å². The number of carbonyl (C=O) groups excluding carboxylic acids is 1. The fraction of sp³-hybridized carbons (Fsp3) is 0.375. The Labute approximate surface area is 89.1 Å². The first kappa shape index (κ1) is 11.6. The monoisotopic (exact) mass is 230 g/mol. The normalized spacial score (nSPS) is 10.0. The molecule has 6 nitrogen and oxygen atoms in total. The highest BCUT2D eigenvalue weighted by Crippen LogP contribution is 2.12. The number of ether oxygens (including phenoxy) is 1. The molecule has 0 unspecified atom stereocenters. The summed E-state index contributed by atoms with van der Waals surface area (Å²) >= 11 is 1.16. The Balaban J connectivity index is 3.21. The van der Waals surface area contributed by atoms with Crippen molar-refractivity contribution in [1.29, 1.82) is 0 Å². The minimum Gasteiger partial charge on any atom is -0.469 e. The molecular formula is C8H10N2O4S. The SMILES string of the molecule is COC(=O)Cc1[nH]c(=O)[nH]c(=O)c1SC. The van der Waals surface area contributed by atoms with Crippen LogP contribution in [0.3, 0.4) is 0 Å². The van der Waals surface area contributed by atoms with Gasteiger partial charge in [-0.25, -0.2) is 4.79 Å². The van der Waals surface area contributed by atoms with Crippen LogP contribution < -0.4 is 11.2 Å². The van der Waals surface area contributed by atoms with Gasteiger partial charge in [-0.05, 0) is 6.26 Å². The van der Waals surface area contributed by atoms with Crippen molar-refractivity contribution in [3.05, 3.63) is 26.5 Å². The molecule has 0 saturated heterocycles. The first-order valence-electron chi connectivity index (χ1n) is 4.04. The van der Waals surface area contributed by atoms with E-state index in [0.29, 0.717) is 4.90 Å². The minimum atomic E-state index is -0.628. The summed E-state index contributed by atoms with van der Waals surface area (Å²) < 4.78 is 4.45. The number of carbonyl (C=O) groups is 1. The van der Waals surface area contributed by atoms with Crippen LogP contribution in [0, 0.1) is 0 Å². The molecule has 0 aliphatic carbocycles. The standard InChI is InChI=1S/C8H10N2O4S/c1-14-5(11)3-4-6(15-2)7(12)10-8(13)9-4/h3H2,1-2H3,(H2,9,10,12,13). The number of hydrogen-bond donors (Lipinski definition) is 2. The Bertz CT molecular complexity index is 476. The number of thioether (sulfide) groups is 1. The molecule has 82 valence electrons. The van der Waals surface area contributed by atoms with Crippen molar-refractivity contribution in [2.45, 2.75) is 11.3 Å². The molecule has 0 spiro atoms. The zero-order valence-corrected chi connectivity index (χ0v) is 9.06. The van der Waals surface area contributed by atoms with Crippen molar-refractivity contribution >= 4 is 17.7 Å². The van der Waals surface area contributed by atoms with E-state index in [0.717, 1.165) is 11.8 Å². The van der Waals surface area contributed by atoms with Crippen molar-refractivity contribution in [3.63, 3.8) is 0 Å². The van der Waals surface area contributed by atoms with Crippen LogP contribution in [0.5, 0.6) is 0 Å². The van der Waals surface area contributed by atoms with Gasteiger partial charge in [-0.3, -0.25) is 14.6 Å². The lowest BCUT2D eigenvalue weighted by Crippen LogP contribution is -2.27. The molecule has 0 saturated carbocycles. The van der Waals surface area contributed by atoms with Crippen molar-refractivity contribution in [3.8, 4) is 0 Å². The van der Waals surface area contributed by atoms with E-state index >= 15 is 0 Å². The van der Waals surface area contributed by atoms with Crippen LogP contribution in [0.4, 0.5) is 0 Å². The maximum absolute atomic E-state index is 11.3. The molecule has 1 aromatic rings. The number of esters is 1. The average molecular weight is 230 g/mol. The molecule has 0 bridgehead atoms. The molecule has 0 fully saturated rings. The van der Waals surface area contributed by atoms with Crippen LogP contribution in [-0.2, 0) is 16.0 Å². The van der Waals surface area contributed by atoms with E-state index in [-0.39, 0.29) is 12.1 Å². The molecule has 0 atom stereocenters. The van der Waals surface area contributed by atoms with E-state index in [1.807, 2.05) is 0 Å². The molecule has 15 heavy (non-hydrogen) atoms. The predicted octanol–water partition coefficient (Wildman–Crippen LogP) is -0.499. The van der Waals surface area contributed by atoms with E-state index < -0.39 is 17.2 Å². The summed E-state index contributed by atoms with van der Waals surface area (Å²) in [5.74, 6) is -0.508. The Kier molecular flexibility index (Phi) is 3.73. The number of hydrogen-bond acceptors (Lipinski definition) is 5. The highest BCUT2D eigenvalue weighted by molar-refractivity contribution is 7.98.